The summed E-state index contributed by atoms with van der Waals surface area (Å²) < 4.78 is 26.1. The van der Waals surface area contributed by atoms with Crippen LogP contribution in [0, 0.1) is 17.6 Å². The quantitative estimate of drug-likeness (QED) is 0.621. The van der Waals surface area contributed by atoms with Crippen LogP contribution in [-0.2, 0) is 0 Å². The van der Waals surface area contributed by atoms with Gasteiger partial charge in [0.1, 0.15) is 0 Å². The zero-order valence-corrected chi connectivity index (χ0v) is 9.00. The second-order valence-corrected chi connectivity index (χ2v) is 4.51. The van der Waals surface area contributed by atoms with Crippen molar-refractivity contribution in [2.45, 2.75) is 18.7 Å². The summed E-state index contributed by atoms with van der Waals surface area (Å²) in [5, 5.41) is 0. The molecule has 0 amide bonds. The summed E-state index contributed by atoms with van der Waals surface area (Å²) in [6, 6.07) is 2.44. The van der Waals surface area contributed by atoms with Gasteiger partial charge in [0.2, 0.25) is 0 Å². The molecule has 0 radical (unpaired) electrons. The van der Waals surface area contributed by atoms with Crippen molar-refractivity contribution < 1.29 is 8.78 Å². The summed E-state index contributed by atoms with van der Waals surface area (Å²) in [6.07, 6.45) is 0. The Hall–Kier alpha value is -0.770. The van der Waals surface area contributed by atoms with Crippen LogP contribution in [-0.4, -0.2) is 5.75 Å². The van der Waals surface area contributed by atoms with Crippen LogP contribution in [0.15, 0.2) is 17.0 Å². The highest BCUT2D eigenvalue weighted by Gasteiger charge is 2.12. The van der Waals surface area contributed by atoms with Crippen LogP contribution in [0.5, 0.6) is 0 Å². The van der Waals surface area contributed by atoms with E-state index in [1.165, 1.54) is 17.8 Å². The highest BCUT2D eigenvalue weighted by molar-refractivity contribution is 7.99. The van der Waals surface area contributed by atoms with Crippen LogP contribution in [0.25, 0.3) is 0 Å². The average molecular weight is 217 g/mol. The normalized spacial score (nSPS) is 10.9. The van der Waals surface area contributed by atoms with Gasteiger partial charge in [-0.1, -0.05) is 13.8 Å². The van der Waals surface area contributed by atoms with Crippen molar-refractivity contribution in [3.8, 4) is 0 Å². The van der Waals surface area contributed by atoms with Gasteiger partial charge < -0.3 is 5.73 Å². The Balaban J connectivity index is 2.89. The molecule has 1 aromatic carbocycles. The first-order chi connectivity index (χ1) is 6.52. The number of benzene rings is 1. The lowest BCUT2D eigenvalue weighted by atomic mass is 10.3. The van der Waals surface area contributed by atoms with Crippen LogP contribution in [0.4, 0.5) is 14.5 Å². The van der Waals surface area contributed by atoms with Crippen molar-refractivity contribution in [3.63, 3.8) is 0 Å². The molecule has 1 aromatic rings. The number of anilines is 1. The first-order valence-corrected chi connectivity index (χ1v) is 5.37. The van der Waals surface area contributed by atoms with Crippen molar-refractivity contribution in [1.82, 2.24) is 0 Å². The maximum Gasteiger partial charge on any atom is 0.174 e. The van der Waals surface area contributed by atoms with Crippen LogP contribution in [0.2, 0.25) is 0 Å². The van der Waals surface area contributed by atoms with Gasteiger partial charge in [-0.25, -0.2) is 8.78 Å². The number of hydrogen-bond acceptors (Lipinski definition) is 2. The van der Waals surface area contributed by atoms with Crippen LogP contribution in [0.3, 0.4) is 0 Å². The van der Waals surface area contributed by atoms with Gasteiger partial charge in [-0.15, -0.1) is 11.8 Å². The number of halogens is 2. The maximum absolute atomic E-state index is 13.2. The van der Waals surface area contributed by atoms with Crippen molar-refractivity contribution in [2.75, 3.05) is 11.5 Å². The third-order valence-corrected chi connectivity index (χ3v) is 3.18. The van der Waals surface area contributed by atoms with Crippen LogP contribution < -0.4 is 5.73 Å². The Morgan fingerprint density at radius 3 is 2.57 bits per heavy atom. The molecule has 0 unspecified atom stereocenters. The Bertz CT molecular complexity index is 326. The van der Waals surface area contributed by atoms with E-state index in [1.54, 1.807) is 0 Å². The third-order valence-electron chi connectivity index (χ3n) is 1.64. The monoisotopic (exact) mass is 217 g/mol. The smallest absolute Gasteiger partial charge is 0.174 e. The van der Waals surface area contributed by atoms with Crippen molar-refractivity contribution in [3.05, 3.63) is 23.8 Å². The van der Waals surface area contributed by atoms with Gasteiger partial charge in [-0.2, -0.15) is 0 Å². The Kier molecular flexibility index (Phi) is 3.75. The molecule has 0 heterocycles. The Labute approximate surface area is 86.7 Å². The second-order valence-electron chi connectivity index (χ2n) is 3.48. The van der Waals surface area contributed by atoms with Gasteiger partial charge in [0.25, 0.3) is 0 Å². The second kappa shape index (κ2) is 4.64. The molecule has 0 spiro atoms. The predicted octanol–water partition coefficient (Wildman–Crippen LogP) is 3.30. The van der Waals surface area contributed by atoms with Gasteiger partial charge in [-0.05, 0) is 18.1 Å². The van der Waals surface area contributed by atoms with E-state index in [9.17, 15) is 8.78 Å². The number of thioether (sulfide) groups is 1. The van der Waals surface area contributed by atoms with Crippen molar-refractivity contribution >= 4 is 17.4 Å². The van der Waals surface area contributed by atoms with E-state index in [0.717, 1.165) is 11.8 Å². The first-order valence-electron chi connectivity index (χ1n) is 4.38. The standard InChI is InChI=1S/C10H13F2NS/c1-6(2)5-14-10-8(13)4-3-7(11)9(10)12/h3-4,6H,5,13H2,1-2H3. The topological polar surface area (TPSA) is 26.0 Å². The fourth-order valence-corrected chi connectivity index (χ4v) is 1.90. The average Bonchev–Trinajstić information content (AvgIpc) is 2.11. The molecule has 14 heavy (non-hydrogen) atoms. The summed E-state index contributed by atoms with van der Waals surface area (Å²) >= 11 is 1.26. The van der Waals surface area contributed by atoms with E-state index in [2.05, 4.69) is 0 Å². The summed E-state index contributed by atoms with van der Waals surface area (Å²) in [5.41, 5.74) is 5.85. The van der Waals surface area contributed by atoms with Crippen molar-refractivity contribution in [2.24, 2.45) is 5.92 Å². The molecule has 0 atom stereocenters. The van der Waals surface area contributed by atoms with Gasteiger partial charge >= 0.3 is 0 Å². The lowest BCUT2D eigenvalue weighted by Gasteiger charge is -2.08. The lowest BCUT2D eigenvalue weighted by Crippen LogP contribution is -1.98. The molecule has 2 N–H and O–H groups in total. The van der Waals surface area contributed by atoms with Crippen LogP contribution in [0.1, 0.15) is 13.8 Å². The molecule has 0 aliphatic rings. The molecule has 0 saturated carbocycles. The molecule has 0 bridgehead atoms. The van der Waals surface area contributed by atoms with E-state index in [1.807, 2.05) is 13.8 Å². The molecule has 0 saturated heterocycles. The van der Waals surface area contributed by atoms with E-state index in [4.69, 9.17) is 5.73 Å². The van der Waals surface area contributed by atoms with Crippen LogP contribution >= 0.6 is 11.8 Å². The zero-order chi connectivity index (χ0) is 10.7. The van der Waals surface area contributed by atoms with E-state index < -0.39 is 11.6 Å². The molecule has 4 heteroatoms. The molecule has 0 aliphatic heterocycles. The summed E-state index contributed by atoms with van der Waals surface area (Å²) in [4.78, 5) is 0.221. The van der Waals surface area contributed by atoms with E-state index in [0.29, 0.717) is 11.6 Å². The van der Waals surface area contributed by atoms with Gasteiger partial charge in [0.15, 0.2) is 11.6 Å². The van der Waals surface area contributed by atoms with E-state index >= 15 is 0 Å². The molecular formula is C10H13F2NS. The molecular weight excluding hydrogens is 204 g/mol. The Morgan fingerprint density at radius 1 is 1.36 bits per heavy atom. The SMILES string of the molecule is CC(C)CSc1c(N)ccc(F)c1F. The number of nitrogen functional groups attached to an aromatic ring is 1. The highest BCUT2D eigenvalue weighted by Crippen LogP contribution is 2.30. The van der Waals surface area contributed by atoms with Gasteiger partial charge in [0, 0.05) is 11.4 Å². The molecule has 1 nitrogen and oxygen atoms in total. The number of hydrogen-bond donors (Lipinski definition) is 1. The minimum Gasteiger partial charge on any atom is -0.398 e. The van der Waals surface area contributed by atoms with Gasteiger partial charge in [0.05, 0.1) is 4.90 Å². The van der Waals surface area contributed by atoms with Gasteiger partial charge in [-0.3, -0.25) is 0 Å². The Morgan fingerprint density at radius 2 is 2.00 bits per heavy atom. The fourth-order valence-electron chi connectivity index (χ4n) is 0.944. The highest BCUT2D eigenvalue weighted by atomic mass is 32.2. The minimum absolute atomic E-state index is 0.221. The van der Waals surface area contributed by atoms with E-state index in [-0.39, 0.29) is 4.90 Å². The fraction of sp³-hybridized carbons (Fsp3) is 0.400. The maximum atomic E-state index is 13.2. The lowest BCUT2D eigenvalue weighted by molar-refractivity contribution is 0.492. The molecule has 78 valence electrons. The first kappa shape index (κ1) is 11.3. The summed E-state index contributed by atoms with van der Waals surface area (Å²) in [7, 11) is 0. The van der Waals surface area contributed by atoms with Crippen molar-refractivity contribution in [1.29, 1.82) is 0 Å². The molecule has 0 aromatic heterocycles. The predicted molar refractivity (Wildman–Crippen MR) is 56.3 cm³/mol. The number of rotatable bonds is 3. The third kappa shape index (κ3) is 2.61. The summed E-state index contributed by atoms with van der Waals surface area (Å²) in [6.45, 7) is 4.03. The molecule has 0 aliphatic carbocycles. The molecule has 1 rings (SSSR count). The zero-order valence-electron chi connectivity index (χ0n) is 8.18. The minimum atomic E-state index is -0.842. The molecule has 0 fully saturated rings. The number of nitrogens with two attached hydrogens (primary N) is 1. The largest absolute Gasteiger partial charge is 0.398 e. The summed E-state index contributed by atoms with van der Waals surface area (Å²) in [5.74, 6) is -0.534.